The number of non-ortho nitro benzene ring substituents is 2. The monoisotopic (exact) mass is 796 g/mol. The minimum atomic E-state index is -0.799. The van der Waals surface area contributed by atoms with Crippen molar-refractivity contribution in [2.45, 2.75) is 26.9 Å². The van der Waals surface area contributed by atoms with Crippen LogP contribution in [0.3, 0.4) is 0 Å². The Labute approximate surface area is 340 Å². The third-order valence-corrected chi connectivity index (χ3v) is 10.5. The Kier molecular flexibility index (Phi) is 9.28. The van der Waals surface area contributed by atoms with Crippen molar-refractivity contribution in [2.24, 2.45) is 0 Å². The maximum atomic E-state index is 14.0. The van der Waals surface area contributed by atoms with Crippen LogP contribution in [-0.2, 0) is 13.1 Å². The smallest absolute Gasteiger partial charge is 0.343 e. The SMILES string of the molecule is CCn1c(-c2cc(OC(=O)c3ccc([N+](=O)[O-])cc3)c(-c3nc4ccc5ccccc5c4n3CC)cc2OC(=O)c2ccc([N+](=O)[O-])cc2)nc2ccc3ccccc3c21. The minimum Gasteiger partial charge on any atom is -0.422 e. The number of esters is 2. The molecular formula is C46H32N6O8. The normalized spacial score (nSPS) is 11.4. The maximum absolute atomic E-state index is 14.0. The van der Waals surface area contributed by atoms with Gasteiger partial charge < -0.3 is 18.6 Å². The lowest BCUT2D eigenvalue weighted by Gasteiger charge is -2.18. The van der Waals surface area contributed by atoms with Crippen LogP contribution in [0.25, 0.3) is 66.4 Å². The molecule has 7 aromatic carbocycles. The van der Waals surface area contributed by atoms with Crippen LogP contribution in [0.5, 0.6) is 11.5 Å². The van der Waals surface area contributed by atoms with E-state index < -0.39 is 21.8 Å². The molecule has 0 aliphatic rings. The van der Waals surface area contributed by atoms with Crippen molar-refractivity contribution in [3.05, 3.63) is 165 Å². The Balaban J connectivity index is 1.31. The number of hydrogen-bond acceptors (Lipinski definition) is 10. The second kappa shape index (κ2) is 14.9. The third-order valence-electron chi connectivity index (χ3n) is 10.5. The Morgan fingerprint density at radius 1 is 0.550 bits per heavy atom. The lowest BCUT2D eigenvalue weighted by atomic mass is 10.1. The topological polar surface area (TPSA) is 175 Å². The summed E-state index contributed by atoms with van der Waals surface area (Å²) in [4.78, 5) is 59.8. The first-order valence-corrected chi connectivity index (χ1v) is 19.0. The Morgan fingerprint density at radius 3 is 1.30 bits per heavy atom. The van der Waals surface area contributed by atoms with Gasteiger partial charge in [0.2, 0.25) is 0 Å². The minimum absolute atomic E-state index is 0.0531. The Hall–Kier alpha value is -8.26. The molecule has 0 saturated heterocycles. The lowest BCUT2D eigenvalue weighted by molar-refractivity contribution is -0.385. The van der Waals surface area contributed by atoms with Gasteiger partial charge in [-0.05, 0) is 73.2 Å². The van der Waals surface area contributed by atoms with Crippen LogP contribution >= 0.6 is 0 Å². The summed E-state index contributed by atoms with van der Waals surface area (Å²) in [5, 5.41) is 26.7. The van der Waals surface area contributed by atoms with Gasteiger partial charge in [-0.25, -0.2) is 19.6 Å². The number of benzene rings is 7. The molecule has 2 aromatic heterocycles. The van der Waals surface area contributed by atoms with Crippen molar-refractivity contribution in [2.75, 3.05) is 0 Å². The molecule has 0 amide bonds. The van der Waals surface area contributed by atoms with E-state index in [4.69, 9.17) is 19.4 Å². The highest BCUT2D eigenvalue weighted by molar-refractivity contribution is 6.07. The van der Waals surface area contributed by atoms with Crippen molar-refractivity contribution in [1.82, 2.24) is 19.1 Å². The average Bonchev–Trinajstić information content (AvgIpc) is 3.85. The standard InChI is InChI=1S/C46H32N6O8/c1-3-49-41-33-11-7-5-9-27(33)17-23-37(41)47-43(49)35-25-40(60-46(54)30-15-21-32(22-16-30)52(57)58)36(26-39(35)59-45(53)29-13-19-31(20-14-29)51(55)56)44-48-38-24-18-28-10-6-8-12-34(28)42(38)50(44)4-2/h5-26H,3-4H2,1-2H3. The number of nitrogens with zero attached hydrogens (tertiary/aromatic N) is 6. The molecular weight excluding hydrogens is 765 g/mol. The van der Waals surface area contributed by atoms with Crippen molar-refractivity contribution in [3.63, 3.8) is 0 Å². The summed E-state index contributed by atoms with van der Waals surface area (Å²) in [6, 6.07) is 36.9. The Bertz CT molecular complexity index is 3010. The molecule has 9 aromatic rings. The second-order valence-electron chi connectivity index (χ2n) is 13.9. The predicted molar refractivity (Wildman–Crippen MR) is 226 cm³/mol. The molecule has 0 atom stereocenters. The van der Waals surface area contributed by atoms with Crippen LogP contribution in [0.15, 0.2) is 133 Å². The number of nitro groups is 2. The summed E-state index contributed by atoms with van der Waals surface area (Å²) in [5.74, 6) is -0.677. The number of fused-ring (bicyclic) bond motifs is 6. The lowest BCUT2D eigenvalue weighted by Crippen LogP contribution is -2.13. The molecule has 0 spiro atoms. The van der Waals surface area contributed by atoms with Gasteiger partial charge in [-0.2, -0.15) is 0 Å². The number of aromatic nitrogens is 4. The van der Waals surface area contributed by atoms with Crippen LogP contribution in [-0.4, -0.2) is 40.9 Å². The fraction of sp³-hybridized carbons (Fsp3) is 0.0870. The fourth-order valence-electron chi connectivity index (χ4n) is 7.66. The number of aryl methyl sites for hydroxylation is 2. The van der Waals surface area contributed by atoms with Crippen molar-refractivity contribution in [1.29, 1.82) is 0 Å². The van der Waals surface area contributed by atoms with Crippen LogP contribution in [0.1, 0.15) is 34.6 Å². The number of nitro benzene ring substituents is 2. The first-order chi connectivity index (χ1) is 29.1. The highest BCUT2D eigenvalue weighted by Crippen LogP contribution is 2.44. The van der Waals surface area contributed by atoms with Crippen molar-refractivity contribution < 1.29 is 28.9 Å². The molecule has 2 heterocycles. The van der Waals surface area contributed by atoms with Gasteiger partial charge in [0.05, 0.1) is 54.2 Å². The van der Waals surface area contributed by atoms with E-state index in [2.05, 4.69) is 0 Å². The van der Waals surface area contributed by atoms with E-state index in [-0.39, 0.29) is 34.0 Å². The van der Waals surface area contributed by atoms with Crippen molar-refractivity contribution >= 4 is 66.9 Å². The second-order valence-corrected chi connectivity index (χ2v) is 13.9. The highest BCUT2D eigenvalue weighted by Gasteiger charge is 2.27. The average molecular weight is 797 g/mol. The van der Waals surface area contributed by atoms with E-state index in [1.165, 1.54) is 48.5 Å². The number of carbonyl (C=O) groups is 2. The molecule has 0 aliphatic carbocycles. The molecule has 14 nitrogen and oxygen atoms in total. The molecule has 0 radical (unpaired) electrons. The molecule has 0 fully saturated rings. The zero-order chi connectivity index (χ0) is 41.7. The summed E-state index contributed by atoms with van der Waals surface area (Å²) in [6.45, 7) is 4.83. The van der Waals surface area contributed by atoms with Crippen LogP contribution in [0.2, 0.25) is 0 Å². The molecule has 9 rings (SSSR count). The van der Waals surface area contributed by atoms with E-state index in [0.717, 1.165) is 32.6 Å². The van der Waals surface area contributed by atoms with E-state index in [1.807, 2.05) is 95.8 Å². The van der Waals surface area contributed by atoms with Gasteiger partial charge in [0, 0.05) is 48.1 Å². The van der Waals surface area contributed by atoms with E-state index >= 15 is 0 Å². The van der Waals surface area contributed by atoms with Gasteiger partial charge in [-0.3, -0.25) is 20.2 Å². The van der Waals surface area contributed by atoms with E-state index in [0.29, 0.717) is 46.9 Å². The molecule has 0 aliphatic heterocycles. The van der Waals surface area contributed by atoms with Crippen LogP contribution in [0.4, 0.5) is 11.4 Å². The molecule has 0 bridgehead atoms. The number of hydrogen-bond donors (Lipinski definition) is 0. The number of ether oxygens (including phenoxy) is 2. The van der Waals surface area contributed by atoms with E-state index in [9.17, 15) is 29.8 Å². The number of rotatable bonds is 10. The van der Waals surface area contributed by atoms with Gasteiger partial charge in [0.25, 0.3) is 11.4 Å². The number of carbonyl (C=O) groups excluding carboxylic acids is 2. The number of imidazole rings is 2. The largest absolute Gasteiger partial charge is 0.422 e. The summed E-state index contributed by atoms with van der Waals surface area (Å²) >= 11 is 0. The fourth-order valence-corrected chi connectivity index (χ4v) is 7.66. The molecule has 0 saturated carbocycles. The summed E-state index contributed by atoms with van der Waals surface area (Å²) < 4.78 is 16.4. The van der Waals surface area contributed by atoms with Crippen LogP contribution in [0, 0.1) is 20.2 Å². The summed E-state index contributed by atoms with van der Waals surface area (Å²) in [7, 11) is 0. The molecule has 0 unspecified atom stereocenters. The molecule has 14 heteroatoms. The summed E-state index contributed by atoms with van der Waals surface area (Å²) in [6.07, 6.45) is 0. The van der Waals surface area contributed by atoms with Crippen LogP contribution < -0.4 is 9.47 Å². The zero-order valence-electron chi connectivity index (χ0n) is 32.1. The summed E-state index contributed by atoms with van der Waals surface area (Å²) in [5.41, 5.74) is 3.36. The van der Waals surface area contributed by atoms with Crippen molar-refractivity contribution in [3.8, 4) is 34.3 Å². The van der Waals surface area contributed by atoms with Gasteiger partial charge >= 0.3 is 11.9 Å². The zero-order valence-corrected chi connectivity index (χ0v) is 32.1. The molecule has 0 N–H and O–H groups in total. The Morgan fingerprint density at radius 2 is 0.933 bits per heavy atom. The first-order valence-electron chi connectivity index (χ1n) is 19.0. The molecule has 294 valence electrons. The first kappa shape index (κ1) is 37.3. The maximum Gasteiger partial charge on any atom is 0.343 e. The van der Waals surface area contributed by atoms with Gasteiger partial charge in [0.15, 0.2) is 0 Å². The van der Waals surface area contributed by atoms with Gasteiger partial charge in [-0.15, -0.1) is 0 Å². The van der Waals surface area contributed by atoms with E-state index in [1.54, 1.807) is 12.1 Å². The predicted octanol–water partition coefficient (Wildman–Crippen LogP) is 10.3. The van der Waals surface area contributed by atoms with Gasteiger partial charge in [-0.1, -0.05) is 60.7 Å². The highest BCUT2D eigenvalue weighted by atomic mass is 16.6. The molecule has 60 heavy (non-hydrogen) atoms. The van der Waals surface area contributed by atoms with Gasteiger partial charge in [0.1, 0.15) is 23.1 Å². The quantitative estimate of drug-likeness (QED) is 0.0560. The third kappa shape index (κ3) is 6.41.